The summed E-state index contributed by atoms with van der Waals surface area (Å²) in [5.41, 5.74) is 2.61. The van der Waals surface area contributed by atoms with Gasteiger partial charge in [-0.3, -0.25) is 9.59 Å². The van der Waals surface area contributed by atoms with E-state index in [9.17, 15) is 27.2 Å². The highest BCUT2D eigenvalue weighted by molar-refractivity contribution is 9.10. The van der Waals surface area contributed by atoms with Crippen molar-refractivity contribution >= 4 is 61.4 Å². The summed E-state index contributed by atoms with van der Waals surface area (Å²) < 4.78 is 56.6. The molecule has 0 saturated carbocycles. The second-order valence-corrected chi connectivity index (χ2v) is 12.6. The zero-order valence-electron chi connectivity index (χ0n) is 28.6. The Morgan fingerprint density at radius 3 is 1.78 bits per heavy atom. The van der Waals surface area contributed by atoms with Crippen molar-refractivity contribution in [3.8, 4) is 22.5 Å². The molecule has 0 spiro atoms. The van der Waals surface area contributed by atoms with Crippen molar-refractivity contribution in [2.75, 3.05) is 10.6 Å². The van der Waals surface area contributed by atoms with Crippen molar-refractivity contribution in [3.63, 3.8) is 0 Å². The number of benzene rings is 2. The van der Waals surface area contributed by atoms with Crippen LogP contribution in [0.15, 0.2) is 96.0 Å². The Labute approximate surface area is 316 Å². The molecule has 0 saturated heterocycles. The highest BCUT2D eigenvalue weighted by Crippen LogP contribution is 2.39. The number of aromatic amines is 2. The summed E-state index contributed by atoms with van der Waals surface area (Å²) in [6.07, 6.45) is -2.63. The SMILES string of the molecule is Cn1ncnc1C(=O)Nc1ccc2c(Br)c(-c3ccccc3C(F)F)[nH]c2n1.Cn1ncnc1C(=O)Nc1ccc2cc(-c3ccccc3C(F)F)[nH]c2n1. The number of hydrogen-bond acceptors (Lipinski definition) is 8. The second-order valence-electron chi connectivity index (χ2n) is 11.8. The first-order valence-electron chi connectivity index (χ1n) is 16.2. The third kappa shape index (κ3) is 7.54. The molecule has 55 heavy (non-hydrogen) atoms. The first-order chi connectivity index (χ1) is 26.5. The van der Waals surface area contributed by atoms with Crippen LogP contribution in [0.2, 0.25) is 0 Å². The normalized spacial score (nSPS) is 11.3. The fourth-order valence-electron chi connectivity index (χ4n) is 5.71. The van der Waals surface area contributed by atoms with E-state index in [1.807, 2.05) is 0 Å². The van der Waals surface area contributed by atoms with Crippen molar-refractivity contribution < 1.29 is 27.2 Å². The van der Waals surface area contributed by atoms with Gasteiger partial charge in [-0.2, -0.15) is 10.2 Å². The van der Waals surface area contributed by atoms with Gasteiger partial charge in [-0.05, 0) is 46.3 Å². The maximum Gasteiger partial charge on any atom is 0.294 e. The molecule has 8 aromatic rings. The molecule has 0 atom stereocenters. The van der Waals surface area contributed by atoms with E-state index in [-0.39, 0.29) is 22.8 Å². The highest BCUT2D eigenvalue weighted by Gasteiger charge is 2.21. The van der Waals surface area contributed by atoms with Crippen molar-refractivity contribution in [1.82, 2.24) is 49.5 Å². The maximum absolute atomic E-state index is 13.4. The molecule has 0 unspecified atom stereocenters. The van der Waals surface area contributed by atoms with Crippen LogP contribution in [0.25, 0.3) is 44.6 Å². The molecular weight excluding hydrogens is 788 g/mol. The Bertz CT molecular complexity index is 2690. The van der Waals surface area contributed by atoms with Crippen LogP contribution < -0.4 is 10.6 Å². The molecule has 0 aliphatic heterocycles. The standard InChI is InChI=1S/C18H13BrF2N6O.C18H14F2N6O/c1-27-17(22-8-23-27)18(28)25-12-7-6-11-13(19)14(26-16(11)24-12)9-4-2-3-5-10(9)15(20)21;1-26-17(21-9-22-26)18(27)25-14-7-6-10-8-13(23-16(10)24-14)11-4-2-3-5-12(11)15(19)20/h2-8,15H,1H3,(H2,24,25,26,28);2-9,15H,1H3,(H2,23,24,25,27). The number of H-pyrrole nitrogens is 2. The number of carbonyl (C=O) groups is 2. The van der Waals surface area contributed by atoms with E-state index in [0.717, 1.165) is 5.39 Å². The minimum atomic E-state index is -2.61. The van der Waals surface area contributed by atoms with E-state index in [4.69, 9.17) is 0 Å². The minimum absolute atomic E-state index is 0.0557. The number of amides is 2. The quantitative estimate of drug-likeness (QED) is 0.112. The number of hydrogen-bond donors (Lipinski definition) is 4. The van der Waals surface area contributed by atoms with Gasteiger partial charge in [0.05, 0.1) is 10.2 Å². The van der Waals surface area contributed by atoms with Crippen molar-refractivity contribution in [3.05, 3.63) is 119 Å². The number of fused-ring (bicyclic) bond motifs is 2. The number of rotatable bonds is 8. The van der Waals surface area contributed by atoms with Crippen molar-refractivity contribution in [2.24, 2.45) is 14.1 Å². The van der Waals surface area contributed by atoms with Gasteiger partial charge >= 0.3 is 0 Å². The predicted molar refractivity (Wildman–Crippen MR) is 199 cm³/mol. The number of nitrogens with one attached hydrogen (secondary N) is 4. The number of pyridine rings is 2. The molecule has 0 radical (unpaired) electrons. The Balaban J connectivity index is 0.000000169. The lowest BCUT2D eigenvalue weighted by Gasteiger charge is -2.07. The summed E-state index contributed by atoms with van der Waals surface area (Å²) in [6, 6.07) is 21.1. The number of aromatic nitrogens is 10. The second kappa shape index (κ2) is 15.3. The van der Waals surface area contributed by atoms with E-state index in [0.29, 0.717) is 55.3 Å². The summed E-state index contributed by atoms with van der Waals surface area (Å²) >= 11 is 3.46. The summed E-state index contributed by atoms with van der Waals surface area (Å²) in [5, 5.41) is 14.4. The number of aryl methyl sites for hydroxylation is 2. The Morgan fingerprint density at radius 2 is 1.22 bits per heavy atom. The van der Waals surface area contributed by atoms with Crippen LogP contribution in [0.3, 0.4) is 0 Å². The Morgan fingerprint density at radius 1 is 0.691 bits per heavy atom. The van der Waals surface area contributed by atoms with Gasteiger partial charge in [0.2, 0.25) is 11.6 Å². The number of anilines is 2. The smallest absolute Gasteiger partial charge is 0.294 e. The monoisotopic (exact) mass is 814 g/mol. The molecule has 6 aromatic heterocycles. The molecule has 278 valence electrons. The topological polar surface area (TPSA) is 177 Å². The van der Waals surface area contributed by atoms with Gasteiger partial charge in [-0.25, -0.2) is 46.9 Å². The Hall–Kier alpha value is -6.76. The fraction of sp³-hybridized carbons (Fsp3) is 0.111. The van der Waals surface area contributed by atoms with Crippen LogP contribution in [0.4, 0.5) is 29.2 Å². The minimum Gasteiger partial charge on any atom is -0.339 e. The molecule has 14 nitrogen and oxygen atoms in total. The lowest BCUT2D eigenvalue weighted by atomic mass is 10.0. The van der Waals surface area contributed by atoms with Crippen LogP contribution >= 0.6 is 15.9 Å². The maximum atomic E-state index is 13.4. The van der Waals surface area contributed by atoms with E-state index in [1.165, 1.54) is 34.2 Å². The lowest BCUT2D eigenvalue weighted by molar-refractivity contribution is 0.100. The van der Waals surface area contributed by atoms with Gasteiger partial charge in [0.25, 0.3) is 24.7 Å². The van der Waals surface area contributed by atoms with Crippen molar-refractivity contribution in [2.45, 2.75) is 12.9 Å². The molecular formula is C36H27BrF4N12O2. The summed E-state index contributed by atoms with van der Waals surface area (Å²) in [4.78, 5) is 47.1. The first kappa shape index (κ1) is 36.6. The molecule has 0 fully saturated rings. The van der Waals surface area contributed by atoms with Gasteiger partial charge < -0.3 is 20.6 Å². The first-order valence-corrected chi connectivity index (χ1v) is 17.0. The zero-order valence-corrected chi connectivity index (χ0v) is 30.2. The van der Waals surface area contributed by atoms with Crippen LogP contribution in [0.5, 0.6) is 0 Å². The summed E-state index contributed by atoms with van der Waals surface area (Å²) in [6.45, 7) is 0. The number of carbonyl (C=O) groups excluding carboxylic acids is 2. The average molecular weight is 816 g/mol. The van der Waals surface area contributed by atoms with E-state index in [2.05, 4.69) is 66.7 Å². The fourth-order valence-corrected chi connectivity index (χ4v) is 6.34. The average Bonchev–Trinajstić information content (AvgIpc) is 3.98. The van der Waals surface area contributed by atoms with Crippen LogP contribution in [0.1, 0.15) is 45.2 Å². The molecule has 19 heteroatoms. The summed E-state index contributed by atoms with van der Waals surface area (Å²) in [7, 11) is 3.21. The molecule has 2 aromatic carbocycles. The lowest BCUT2D eigenvalue weighted by Crippen LogP contribution is -2.18. The third-order valence-corrected chi connectivity index (χ3v) is 9.16. The Kier molecular flexibility index (Phi) is 10.2. The number of halogens is 5. The molecule has 6 heterocycles. The number of nitrogens with zero attached hydrogens (tertiary/aromatic N) is 8. The van der Waals surface area contributed by atoms with Crippen LogP contribution in [-0.2, 0) is 14.1 Å². The van der Waals surface area contributed by atoms with Gasteiger partial charge in [0.1, 0.15) is 35.6 Å². The largest absolute Gasteiger partial charge is 0.339 e. The molecule has 2 amide bonds. The van der Waals surface area contributed by atoms with E-state index in [1.54, 1.807) is 80.8 Å². The van der Waals surface area contributed by atoms with Gasteiger partial charge in [-0.1, -0.05) is 48.5 Å². The van der Waals surface area contributed by atoms with Crippen LogP contribution in [-0.4, -0.2) is 61.3 Å². The molecule has 4 N–H and O–H groups in total. The van der Waals surface area contributed by atoms with E-state index >= 15 is 0 Å². The van der Waals surface area contributed by atoms with Crippen molar-refractivity contribution in [1.29, 1.82) is 0 Å². The highest BCUT2D eigenvalue weighted by atomic mass is 79.9. The molecule has 0 aliphatic rings. The number of alkyl halides is 4. The van der Waals surface area contributed by atoms with E-state index < -0.39 is 24.7 Å². The predicted octanol–water partition coefficient (Wildman–Crippen LogP) is 7.86. The molecule has 0 bridgehead atoms. The van der Waals surface area contributed by atoms with Gasteiger partial charge in [0.15, 0.2) is 0 Å². The third-order valence-electron chi connectivity index (χ3n) is 8.34. The molecule has 8 rings (SSSR count). The van der Waals surface area contributed by atoms with Gasteiger partial charge in [-0.15, -0.1) is 0 Å². The molecule has 0 aliphatic carbocycles. The van der Waals surface area contributed by atoms with Gasteiger partial charge in [0, 0.05) is 52.8 Å². The zero-order chi connectivity index (χ0) is 38.8. The van der Waals surface area contributed by atoms with Crippen LogP contribution in [0, 0.1) is 0 Å². The summed E-state index contributed by atoms with van der Waals surface area (Å²) in [5.74, 6) is -0.0116.